The number of halogens is 3. The van der Waals surface area contributed by atoms with Crippen LogP contribution in [0, 0.1) is 25.7 Å². The maximum Gasteiger partial charge on any atom is 0.416 e. The molecule has 1 amide bonds. The van der Waals surface area contributed by atoms with Gasteiger partial charge in [0, 0.05) is 0 Å². The van der Waals surface area contributed by atoms with Gasteiger partial charge < -0.3 is 14.5 Å². The van der Waals surface area contributed by atoms with Gasteiger partial charge in [-0.2, -0.15) is 13.2 Å². The largest absolute Gasteiger partial charge is 0.481 e. The molecule has 0 fully saturated rings. The average molecular weight is 351 g/mol. The Morgan fingerprint density at radius 1 is 1.24 bits per heavy atom. The Morgan fingerprint density at radius 2 is 2.00 bits per heavy atom. The molecule has 2 aromatic rings. The van der Waals surface area contributed by atoms with Crippen molar-refractivity contribution in [2.75, 3.05) is 13.2 Å². The zero-order valence-corrected chi connectivity index (χ0v) is 13.7. The maximum atomic E-state index is 12.6. The summed E-state index contributed by atoms with van der Waals surface area (Å²) < 4.78 is 48.1. The summed E-state index contributed by atoms with van der Waals surface area (Å²) in [6.07, 6.45) is -4.42. The first-order valence-electron chi connectivity index (χ1n) is 7.38. The first-order chi connectivity index (χ1) is 11.8. The molecule has 0 bridgehead atoms. The number of rotatable bonds is 4. The molecule has 0 aliphatic carbocycles. The van der Waals surface area contributed by atoms with Gasteiger partial charge in [-0.05, 0) is 38.1 Å². The monoisotopic (exact) mass is 351 g/mol. The molecular formula is C18H16F3NO3. The SMILES string of the molecule is Cc1cc(C(=O)NCC#CCOc2cccc(C(F)(F)F)c2)c(C)o1. The summed E-state index contributed by atoms with van der Waals surface area (Å²) in [6, 6.07) is 6.19. The number of alkyl halides is 3. The van der Waals surface area contributed by atoms with Crippen LogP contribution in [0.25, 0.3) is 0 Å². The summed E-state index contributed by atoms with van der Waals surface area (Å²) in [5.74, 6) is 6.24. The quantitative estimate of drug-likeness (QED) is 0.854. The summed E-state index contributed by atoms with van der Waals surface area (Å²) >= 11 is 0. The lowest BCUT2D eigenvalue weighted by atomic mass is 10.2. The zero-order chi connectivity index (χ0) is 18.4. The number of ether oxygens (including phenoxy) is 1. The minimum absolute atomic E-state index is 0.0812. The number of hydrogen-bond acceptors (Lipinski definition) is 3. The molecule has 25 heavy (non-hydrogen) atoms. The van der Waals surface area contributed by atoms with Crippen LogP contribution in [0.5, 0.6) is 5.75 Å². The number of furan rings is 1. The molecule has 0 spiro atoms. The lowest BCUT2D eigenvalue weighted by Gasteiger charge is -2.08. The summed E-state index contributed by atoms with van der Waals surface area (Å²) in [5, 5.41) is 2.60. The Kier molecular flexibility index (Phi) is 5.75. The van der Waals surface area contributed by atoms with Gasteiger partial charge in [0.05, 0.1) is 17.7 Å². The molecule has 1 N–H and O–H groups in total. The Bertz CT molecular complexity index is 813. The fourth-order valence-corrected chi connectivity index (χ4v) is 2.07. The second kappa shape index (κ2) is 7.79. The molecule has 7 heteroatoms. The van der Waals surface area contributed by atoms with Crippen LogP contribution in [0.15, 0.2) is 34.7 Å². The molecule has 132 valence electrons. The van der Waals surface area contributed by atoms with Crippen molar-refractivity contribution in [1.82, 2.24) is 5.32 Å². The number of amides is 1. The molecule has 4 nitrogen and oxygen atoms in total. The molecule has 0 atom stereocenters. The Balaban J connectivity index is 1.80. The average Bonchev–Trinajstić information content (AvgIpc) is 2.88. The maximum absolute atomic E-state index is 12.6. The van der Waals surface area contributed by atoms with E-state index >= 15 is 0 Å². The van der Waals surface area contributed by atoms with Gasteiger partial charge in [0.25, 0.3) is 5.91 Å². The molecule has 0 unspecified atom stereocenters. The molecule has 0 saturated heterocycles. The van der Waals surface area contributed by atoms with E-state index in [1.54, 1.807) is 19.9 Å². The smallest absolute Gasteiger partial charge is 0.416 e. The van der Waals surface area contributed by atoms with Crippen molar-refractivity contribution < 1.29 is 27.1 Å². The first-order valence-corrected chi connectivity index (χ1v) is 7.38. The third-order valence-corrected chi connectivity index (χ3v) is 3.22. The van der Waals surface area contributed by atoms with Crippen molar-refractivity contribution in [3.8, 4) is 17.6 Å². The third-order valence-electron chi connectivity index (χ3n) is 3.22. The van der Waals surface area contributed by atoms with Crippen LogP contribution >= 0.6 is 0 Å². The molecule has 0 aliphatic heterocycles. The molecule has 1 aromatic heterocycles. The third kappa shape index (κ3) is 5.31. The van der Waals surface area contributed by atoms with Crippen molar-refractivity contribution in [1.29, 1.82) is 0 Å². The van der Waals surface area contributed by atoms with Gasteiger partial charge in [-0.1, -0.05) is 17.9 Å². The fraction of sp³-hybridized carbons (Fsp3) is 0.278. The number of hydrogen-bond donors (Lipinski definition) is 1. The molecule has 2 rings (SSSR count). The van der Waals surface area contributed by atoms with E-state index in [-0.39, 0.29) is 24.8 Å². The van der Waals surface area contributed by atoms with Crippen molar-refractivity contribution in [3.05, 3.63) is 53.0 Å². The predicted octanol–water partition coefficient (Wildman–Crippen LogP) is 3.73. The normalized spacial score (nSPS) is 10.8. The number of carbonyl (C=O) groups excluding carboxylic acids is 1. The van der Waals surface area contributed by atoms with E-state index in [1.807, 2.05) is 0 Å². The highest BCUT2D eigenvalue weighted by atomic mass is 19.4. The second-order valence-electron chi connectivity index (χ2n) is 5.18. The van der Waals surface area contributed by atoms with E-state index in [0.29, 0.717) is 17.1 Å². The highest BCUT2D eigenvalue weighted by Gasteiger charge is 2.30. The van der Waals surface area contributed by atoms with Crippen molar-refractivity contribution in [3.63, 3.8) is 0 Å². The predicted molar refractivity (Wildman–Crippen MR) is 85.2 cm³/mol. The molecule has 0 aliphatic rings. The van der Waals surface area contributed by atoms with Crippen LogP contribution in [0.1, 0.15) is 27.4 Å². The molecule has 1 aromatic carbocycles. The minimum Gasteiger partial charge on any atom is -0.481 e. The molecule has 1 heterocycles. The number of nitrogens with one attached hydrogen (secondary N) is 1. The van der Waals surface area contributed by atoms with Crippen LogP contribution in [0.3, 0.4) is 0 Å². The van der Waals surface area contributed by atoms with Crippen LogP contribution < -0.4 is 10.1 Å². The van der Waals surface area contributed by atoms with Gasteiger partial charge >= 0.3 is 6.18 Å². The van der Waals surface area contributed by atoms with Crippen molar-refractivity contribution >= 4 is 5.91 Å². The van der Waals surface area contributed by atoms with E-state index in [1.165, 1.54) is 12.1 Å². The molecular weight excluding hydrogens is 335 g/mol. The van der Waals surface area contributed by atoms with Gasteiger partial charge in [0.1, 0.15) is 23.9 Å². The summed E-state index contributed by atoms with van der Waals surface area (Å²) in [5.41, 5.74) is -0.337. The van der Waals surface area contributed by atoms with Gasteiger partial charge in [0.2, 0.25) is 0 Å². The van der Waals surface area contributed by atoms with E-state index in [0.717, 1.165) is 12.1 Å². The second-order valence-corrected chi connectivity index (χ2v) is 5.18. The van der Waals surface area contributed by atoms with E-state index in [9.17, 15) is 18.0 Å². The lowest BCUT2D eigenvalue weighted by Crippen LogP contribution is -2.23. The highest BCUT2D eigenvalue weighted by molar-refractivity contribution is 5.95. The fourth-order valence-electron chi connectivity index (χ4n) is 2.07. The Morgan fingerprint density at radius 3 is 2.64 bits per heavy atom. The van der Waals surface area contributed by atoms with E-state index in [4.69, 9.17) is 9.15 Å². The van der Waals surface area contributed by atoms with E-state index in [2.05, 4.69) is 17.2 Å². The number of benzene rings is 1. The number of carbonyl (C=O) groups is 1. The highest BCUT2D eigenvalue weighted by Crippen LogP contribution is 2.31. The Hall–Kier alpha value is -2.88. The standard InChI is InChI=1S/C18H16F3NO3/c1-12-10-16(13(2)25-12)17(23)22-8-3-4-9-24-15-7-5-6-14(11-15)18(19,20)21/h5-7,10-11H,8-9H2,1-2H3,(H,22,23). The minimum atomic E-state index is -4.42. The van der Waals surface area contributed by atoms with Crippen LogP contribution in [-0.4, -0.2) is 19.1 Å². The van der Waals surface area contributed by atoms with Crippen molar-refractivity contribution in [2.45, 2.75) is 20.0 Å². The van der Waals surface area contributed by atoms with Crippen molar-refractivity contribution in [2.24, 2.45) is 0 Å². The molecule has 0 radical (unpaired) electrons. The van der Waals surface area contributed by atoms with Gasteiger partial charge in [0.15, 0.2) is 0 Å². The van der Waals surface area contributed by atoms with Crippen LogP contribution in [0.4, 0.5) is 13.2 Å². The first kappa shape index (κ1) is 18.5. The van der Waals surface area contributed by atoms with Gasteiger partial charge in [-0.25, -0.2) is 0 Å². The summed E-state index contributed by atoms with van der Waals surface area (Å²) in [7, 11) is 0. The number of aryl methyl sites for hydroxylation is 2. The van der Waals surface area contributed by atoms with Crippen LogP contribution in [-0.2, 0) is 6.18 Å². The molecule has 0 saturated carbocycles. The lowest BCUT2D eigenvalue weighted by molar-refractivity contribution is -0.137. The zero-order valence-electron chi connectivity index (χ0n) is 13.7. The van der Waals surface area contributed by atoms with Crippen LogP contribution in [0.2, 0.25) is 0 Å². The van der Waals surface area contributed by atoms with Gasteiger partial charge in [-0.3, -0.25) is 4.79 Å². The van der Waals surface area contributed by atoms with E-state index < -0.39 is 11.7 Å². The van der Waals surface area contributed by atoms with Gasteiger partial charge in [-0.15, -0.1) is 0 Å². The summed E-state index contributed by atoms with van der Waals surface area (Å²) in [4.78, 5) is 11.9. The summed E-state index contributed by atoms with van der Waals surface area (Å²) in [6.45, 7) is 3.45. The topological polar surface area (TPSA) is 51.5 Å². The Labute approximate surface area is 143 Å².